The molecule has 0 spiro atoms. The van der Waals surface area contributed by atoms with Gasteiger partial charge < -0.3 is 27.3 Å². The van der Waals surface area contributed by atoms with E-state index in [1.165, 1.54) is 18.3 Å². The van der Waals surface area contributed by atoms with E-state index in [4.69, 9.17) is 21.9 Å². The molecule has 2 bridgehead atoms. The average Bonchev–Trinajstić information content (AvgIpc) is 2.79. The number of pyridine rings is 1. The van der Waals surface area contributed by atoms with Crippen molar-refractivity contribution in [2.24, 2.45) is 16.5 Å². The number of fused-ring (bicyclic) bond motifs is 3. The largest absolute Gasteiger partial charge is 0.482 e. The molecular formula is C24H31FN6O. The van der Waals surface area contributed by atoms with Crippen LogP contribution in [0.1, 0.15) is 61.9 Å². The van der Waals surface area contributed by atoms with Crippen molar-refractivity contribution in [3.8, 4) is 5.75 Å². The van der Waals surface area contributed by atoms with E-state index < -0.39 is 6.10 Å². The fourth-order valence-corrected chi connectivity index (χ4v) is 3.96. The van der Waals surface area contributed by atoms with Gasteiger partial charge in [0.05, 0.1) is 11.8 Å². The lowest BCUT2D eigenvalue weighted by molar-refractivity contribution is 0.199. The van der Waals surface area contributed by atoms with Crippen molar-refractivity contribution >= 4 is 11.5 Å². The number of nitrogen functional groups attached to an aromatic ring is 1. The SMILES string of the molecule is CCN=C1C(=CN)CCC(N/C=C\N)c2ccc(F)cc2C(CC)Oc2cc1cnc2N. The molecule has 1 aromatic heterocycles. The Morgan fingerprint density at radius 1 is 1.25 bits per heavy atom. The molecule has 2 atom stereocenters. The molecule has 3 rings (SSSR count). The summed E-state index contributed by atoms with van der Waals surface area (Å²) in [6.45, 7) is 4.54. The molecule has 7 nitrogen and oxygen atoms in total. The van der Waals surface area contributed by atoms with Crippen LogP contribution >= 0.6 is 0 Å². The Hall–Kier alpha value is -3.55. The van der Waals surface area contributed by atoms with E-state index in [2.05, 4.69) is 15.3 Å². The zero-order chi connectivity index (χ0) is 23.1. The summed E-state index contributed by atoms with van der Waals surface area (Å²) in [7, 11) is 0. The summed E-state index contributed by atoms with van der Waals surface area (Å²) in [6, 6.07) is 6.45. The van der Waals surface area contributed by atoms with Crippen LogP contribution in [-0.4, -0.2) is 17.2 Å². The van der Waals surface area contributed by atoms with Crippen LogP contribution < -0.4 is 27.3 Å². The highest BCUT2D eigenvalue weighted by atomic mass is 19.1. The third-order valence-corrected chi connectivity index (χ3v) is 5.48. The second-order valence-electron chi connectivity index (χ2n) is 7.53. The number of benzene rings is 1. The molecule has 0 radical (unpaired) electrons. The van der Waals surface area contributed by atoms with Crippen molar-refractivity contribution in [1.29, 1.82) is 0 Å². The predicted octanol–water partition coefficient (Wildman–Crippen LogP) is 3.84. The lowest BCUT2D eigenvalue weighted by atomic mass is 9.90. The highest BCUT2D eigenvalue weighted by molar-refractivity contribution is 6.12. The van der Waals surface area contributed by atoms with Crippen molar-refractivity contribution < 1.29 is 9.13 Å². The van der Waals surface area contributed by atoms with E-state index in [1.807, 2.05) is 19.9 Å². The minimum atomic E-state index is -0.415. The third kappa shape index (κ3) is 5.01. The Morgan fingerprint density at radius 2 is 2.06 bits per heavy atom. The van der Waals surface area contributed by atoms with Crippen LogP contribution in [-0.2, 0) is 0 Å². The van der Waals surface area contributed by atoms with Crippen molar-refractivity contribution in [3.63, 3.8) is 0 Å². The van der Waals surface area contributed by atoms with E-state index in [9.17, 15) is 4.39 Å². The Kier molecular flexibility index (Phi) is 7.70. The molecule has 0 saturated heterocycles. The van der Waals surface area contributed by atoms with Gasteiger partial charge in [0, 0.05) is 36.3 Å². The van der Waals surface area contributed by atoms with Crippen molar-refractivity contribution in [1.82, 2.24) is 10.3 Å². The monoisotopic (exact) mass is 438 g/mol. The maximum atomic E-state index is 14.3. The zero-order valence-electron chi connectivity index (χ0n) is 18.5. The Bertz CT molecular complexity index is 1030. The normalized spacial score (nSPS) is 21.6. The second kappa shape index (κ2) is 10.7. The maximum Gasteiger partial charge on any atom is 0.166 e. The van der Waals surface area contributed by atoms with E-state index >= 15 is 0 Å². The molecule has 1 aliphatic heterocycles. The lowest BCUT2D eigenvalue weighted by Gasteiger charge is -2.27. The highest BCUT2D eigenvalue weighted by Crippen LogP contribution is 2.36. The first-order valence-electron chi connectivity index (χ1n) is 10.8. The minimum absolute atomic E-state index is 0.144. The fraction of sp³-hybridized carbons (Fsp3) is 0.333. The molecule has 0 amide bonds. The number of hydrogen-bond acceptors (Lipinski definition) is 7. The second-order valence-corrected chi connectivity index (χ2v) is 7.53. The summed E-state index contributed by atoms with van der Waals surface area (Å²) in [4.78, 5) is 9.00. The third-order valence-electron chi connectivity index (χ3n) is 5.48. The van der Waals surface area contributed by atoms with E-state index in [0.29, 0.717) is 31.6 Å². The van der Waals surface area contributed by atoms with Crippen molar-refractivity contribution in [2.45, 2.75) is 45.3 Å². The Balaban J connectivity index is 2.22. The van der Waals surface area contributed by atoms with Gasteiger partial charge in [-0.3, -0.25) is 4.99 Å². The molecule has 1 aromatic carbocycles. The predicted molar refractivity (Wildman–Crippen MR) is 126 cm³/mol. The number of aromatic nitrogens is 1. The molecule has 2 aromatic rings. The van der Waals surface area contributed by atoms with Crippen LogP contribution in [0.3, 0.4) is 0 Å². The van der Waals surface area contributed by atoms with Gasteiger partial charge in [-0.25, -0.2) is 9.37 Å². The molecule has 170 valence electrons. The highest BCUT2D eigenvalue weighted by Gasteiger charge is 2.25. The molecule has 32 heavy (non-hydrogen) atoms. The Morgan fingerprint density at radius 3 is 2.75 bits per heavy atom. The molecule has 2 unspecified atom stereocenters. The summed E-state index contributed by atoms with van der Waals surface area (Å²) in [5, 5.41) is 3.33. The quantitative estimate of drug-likeness (QED) is 0.575. The molecule has 7 N–H and O–H groups in total. The summed E-state index contributed by atoms with van der Waals surface area (Å²) in [6.07, 6.45) is 7.89. The van der Waals surface area contributed by atoms with Crippen LogP contribution in [0.15, 0.2) is 59.6 Å². The number of anilines is 1. The molecule has 8 heteroatoms. The number of allylic oxidation sites excluding steroid dienone is 1. The topological polar surface area (TPSA) is 125 Å². The minimum Gasteiger partial charge on any atom is -0.482 e. The van der Waals surface area contributed by atoms with Crippen molar-refractivity contribution in [2.75, 3.05) is 12.3 Å². The van der Waals surface area contributed by atoms with Gasteiger partial charge in [0.2, 0.25) is 0 Å². The standard InChI is InChI=1S/C24H31FN6O/c1-3-21-19-12-17(25)6-7-18(19)20(30-10-9-26)8-5-15(13-27)23(29-4-2)16-11-22(32-21)24(28)31-14-16/h6-7,9-14,20-21,30H,3-5,8,26-27H2,1-2H3,(H2,28,31)/b10-9-,15-13?,29-23?. The van der Waals surface area contributed by atoms with Crippen LogP contribution in [0.4, 0.5) is 10.2 Å². The van der Waals surface area contributed by atoms with Gasteiger partial charge >= 0.3 is 0 Å². The van der Waals surface area contributed by atoms with Crippen LogP contribution in [0, 0.1) is 5.82 Å². The molecule has 1 aliphatic rings. The average molecular weight is 439 g/mol. The summed E-state index contributed by atoms with van der Waals surface area (Å²) >= 11 is 0. The Labute approximate surface area is 188 Å². The molecule has 0 fully saturated rings. The number of halogens is 1. The van der Waals surface area contributed by atoms with Gasteiger partial charge in [0.1, 0.15) is 11.9 Å². The van der Waals surface area contributed by atoms with Gasteiger partial charge in [-0.05, 0) is 61.7 Å². The summed E-state index contributed by atoms with van der Waals surface area (Å²) < 4.78 is 20.6. The number of aliphatic imine (C=N–C) groups is 1. The van der Waals surface area contributed by atoms with E-state index in [-0.39, 0.29) is 17.7 Å². The first-order valence-corrected chi connectivity index (χ1v) is 10.8. The first kappa shape index (κ1) is 23.1. The fourth-order valence-electron chi connectivity index (χ4n) is 3.96. The number of nitrogens with two attached hydrogens (primary N) is 3. The first-order chi connectivity index (χ1) is 15.5. The molecule has 0 saturated carbocycles. The van der Waals surface area contributed by atoms with E-state index in [1.54, 1.807) is 24.7 Å². The van der Waals surface area contributed by atoms with Crippen molar-refractivity contribution in [3.05, 3.63) is 77.1 Å². The maximum absolute atomic E-state index is 14.3. The molecular weight excluding hydrogens is 407 g/mol. The number of nitrogens with one attached hydrogen (secondary N) is 1. The number of hydrogen-bond donors (Lipinski definition) is 4. The van der Waals surface area contributed by atoms with Gasteiger partial charge in [0.15, 0.2) is 11.6 Å². The molecule has 0 aliphatic carbocycles. The van der Waals surface area contributed by atoms with Gasteiger partial charge in [-0.15, -0.1) is 0 Å². The van der Waals surface area contributed by atoms with E-state index in [0.717, 1.165) is 28.0 Å². The summed E-state index contributed by atoms with van der Waals surface area (Å²) in [5.41, 5.74) is 21.8. The number of nitrogens with zero attached hydrogens (tertiary/aromatic N) is 2. The molecule has 2 heterocycles. The lowest BCUT2D eigenvalue weighted by Crippen LogP contribution is -2.22. The van der Waals surface area contributed by atoms with Crippen LogP contribution in [0.2, 0.25) is 0 Å². The smallest absolute Gasteiger partial charge is 0.166 e. The zero-order valence-corrected chi connectivity index (χ0v) is 18.5. The van der Waals surface area contributed by atoms with Gasteiger partial charge in [-0.1, -0.05) is 13.0 Å². The number of ether oxygens (including phenoxy) is 1. The summed E-state index contributed by atoms with van der Waals surface area (Å²) in [5.74, 6) is 0.361. The van der Waals surface area contributed by atoms with Crippen LogP contribution in [0.25, 0.3) is 0 Å². The number of rotatable bonds is 4. The van der Waals surface area contributed by atoms with Gasteiger partial charge in [-0.2, -0.15) is 0 Å². The van der Waals surface area contributed by atoms with Crippen LogP contribution in [0.5, 0.6) is 5.75 Å². The van der Waals surface area contributed by atoms with Gasteiger partial charge in [0.25, 0.3) is 0 Å².